The molecule has 36 heavy (non-hydrogen) atoms. The van der Waals surface area contributed by atoms with Gasteiger partial charge in [0.25, 0.3) is 0 Å². The van der Waals surface area contributed by atoms with E-state index in [-0.39, 0.29) is 29.0 Å². The maximum atomic E-state index is 12.6. The predicted octanol–water partition coefficient (Wildman–Crippen LogP) is 5.32. The Kier molecular flexibility index (Phi) is 9.56. The summed E-state index contributed by atoms with van der Waals surface area (Å²) >= 11 is 7.25. The van der Waals surface area contributed by atoms with Crippen LogP contribution in [0.5, 0.6) is 0 Å². The number of allylic oxidation sites excluding steroid dienone is 1. The molecule has 0 aliphatic carbocycles. The van der Waals surface area contributed by atoms with Gasteiger partial charge in [-0.1, -0.05) is 53.3 Å². The van der Waals surface area contributed by atoms with Crippen LogP contribution in [0.3, 0.4) is 0 Å². The zero-order chi connectivity index (χ0) is 26.1. The molecule has 3 aromatic rings. The number of benzene rings is 2. The van der Waals surface area contributed by atoms with Crippen LogP contribution in [0.15, 0.2) is 70.4 Å². The second-order valence-corrected chi connectivity index (χ2v) is 9.57. The van der Waals surface area contributed by atoms with Crippen LogP contribution < -0.4 is 4.90 Å². The molecule has 0 unspecified atom stereocenters. The van der Waals surface area contributed by atoms with Gasteiger partial charge in [-0.15, -0.1) is 10.2 Å². The van der Waals surface area contributed by atoms with Gasteiger partial charge in [-0.3, -0.25) is 14.1 Å². The van der Waals surface area contributed by atoms with E-state index in [1.165, 1.54) is 6.08 Å². The average molecular weight is 549 g/mol. The lowest BCUT2D eigenvalue weighted by molar-refractivity contribution is -0.104. The molecule has 1 N–H and O–H groups in total. The molecule has 188 valence electrons. The Morgan fingerprint density at radius 2 is 1.86 bits per heavy atom. The molecule has 0 amide bonds. The van der Waals surface area contributed by atoms with Crippen molar-refractivity contribution in [1.29, 1.82) is 0 Å². The van der Waals surface area contributed by atoms with Crippen LogP contribution in [0.4, 0.5) is 16.5 Å². The highest BCUT2D eigenvalue weighted by molar-refractivity contribution is 7.80. The molecule has 1 aromatic heterocycles. The Bertz CT molecular complexity index is 1370. The van der Waals surface area contributed by atoms with Crippen molar-refractivity contribution in [3.63, 3.8) is 0 Å². The second kappa shape index (κ2) is 12.6. The number of halogens is 1. The highest BCUT2D eigenvalue weighted by Gasteiger charge is 2.15. The van der Waals surface area contributed by atoms with Gasteiger partial charge in [0.2, 0.25) is 5.13 Å². The minimum atomic E-state index is -4.48. The molecule has 13 heteroatoms. The first-order chi connectivity index (χ1) is 17.2. The zero-order valence-corrected chi connectivity index (χ0v) is 21.3. The standard InChI is InChI=1S/C23H21ClN4O6S2/c1-2-28(12-13-34-36(31,32)33)19-10-8-18(9-11-19)26-27-23-25-22(24)20(35-23)14-17(15-29)21(30)16-6-4-3-5-7-16/h3-11,14-15H,2,12-13H2,1H3,(H,31,32,33)/b17-14-,27-26?. The van der Waals surface area contributed by atoms with E-state index in [9.17, 15) is 18.0 Å². The monoisotopic (exact) mass is 548 g/mol. The molecule has 0 fully saturated rings. The van der Waals surface area contributed by atoms with E-state index in [0.717, 1.165) is 17.0 Å². The lowest BCUT2D eigenvalue weighted by Crippen LogP contribution is -2.27. The number of hydrogen-bond acceptors (Lipinski definition) is 10. The minimum absolute atomic E-state index is 0.0618. The van der Waals surface area contributed by atoms with E-state index in [2.05, 4.69) is 19.4 Å². The van der Waals surface area contributed by atoms with E-state index in [1.54, 1.807) is 54.6 Å². The minimum Gasteiger partial charge on any atom is -0.369 e. The average Bonchev–Trinajstić information content (AvgIpc) is 3.22. The summed E-state index contributed by atoms with van der Waals surface area (Å²) in [7, 11) is -4.48. The van der Waals surface area contributed by atoms with Crippen LogP contribution in [0.25, 0.3) is 6.08 Å². The summed E-state index contributed by atoms with van der Waals surface area (Å²) < 4.78 is 34.4. The fraction of sp³-hybridized carbons (Fsp3) is 0.174. The van der Waals surface area contributed by atoms with Crippen molar-refractivity contribution in [2.75, 3.05) is 24.6 Å². The third kappa shape index (κ3) is 7.86. The van der Waals surface area contributed by atoms with Crippen LogP contribution >= 0.6 is 22.9 Å². The van der Waals surface area contributed by atoms with Gasteiger partial charge in [0, 0.05) is 24.3 Å². The summed E-state index contributed by atoms with van der Waals surface area (Å²) in [5.41, 5.74) is 1.64. The van der Waals surface area contributed by atoms with E-state index >= 15 is 0 Å². The van der Waals surface area contributed by atoms with E-state index in [4.69, 9.17) is 16.2 Å². The molecule has 0 aliphatic heterocycles. The van der Waals surface area contributed by atoms with Gasteiger partial charge < -0.3 is 4.90 Å². The van der Waals surface area contributed by atoms with Gasteiger partial charge in [-0.05, 0) is 37.3 Å². The number of thiazole rings is 1. The number of ketones is 1. The quantitative estimate of drug-likeness (QED) is 0.0610. The molecule has 3 rings (SSSR count). The van der Waals surface area contributed by atoms with Crippen molar-refractivity contribution < 1.29 is 26.7 Å². The van der Waals surface area contributed by atoms with Gasteiger partial charge in [0.05, 0.1) is 22.7 Å². The Labute approximate surface area is 216 Å². The molecule has 2 aromatic carbocycles. The van der Waals surface area contributed by atoms with Crippen LogP contribution in [-0.2, 0) is 19.4 Å². The molecule has 0 spiro atoms. The first kappa shape index (κ1) is 27.3. The number of hydrogen-bond donors (Lipinski definition) is 1. The van der Waals surface area contributed by atoms with Crippen molar-refractivity contribution in [3.8, 4) is 0 Å². The number of aldehydes is 1. The maximum absolute atomic E-state index is 12.6. The molecule has 0 saturated carbocycles. The fourth-order valence-electron chi connectivity index (χ4n) is 3.04. The number of azo groups is 1. The van der Waals surface area contributed by atoms with Crippen LogP contribution in [0.1, 0.15) is 22.2 Å². The predicted molar refractivity (Wildman–Crippen MR) is 138 cm³/mol. The Morgan fingerprint density at radius 3 is 2.47 bits per heavy atom. The van der Waals surface area contributed by atoms with E-state index in [0.29, 0.717) is 29.0 Å². The normalized spacial score (nSPS) is 12.1. The highest BCUT2D eigenvalue weighted by atomic mass is 35.5. The topological polar surface area (TPSA) is 139 Å². The van der Waals surface area contributed by atoms with Gasteiger partial charge in [-0.25, -0.2) is 9.17 Å². The highest BCUT2D eigenvalue weighted by Crippen LogP contribution is 2.32. The third-order valence-corrected chi connectivity index (χ3v) is 6.50. The second-order valence-electron chi connectivity index (χ2n) is 7.11. The lowest BCUT2D eigenvalue weighted by Gasteiger charge is -2.22. The first-order valence-corrected chi connectivity index (χ1v) is 13.1. The van der Waals surface area contributed by atoms with Gasteiger partial charge in [0.1, 0.15) is 5.15 Å². The Morgan fingerprint density at radius 1 is 1.17 bits per heavy atom. The van der Waals surface area contributed by atoms with Gasteiger partial charge in [-0.2, -0.15) is 8.42 Å². The van der Waals surface area contributed by atoms with Crippen molar-refractivity contribution in [2.45, 2.75) is 6.92 Å². The summed E-state index contributed by atoms with van der Waals surface area (Å²) in [5, 5.41) is 8.55. The lowest BCUT2D eigenvalue weighted by atomic mass is 10.0. The molecule has 0 aliphatic rings. The molecule has 10 nitrogen and oxygen atoms in total. The Hall–Kier alpha value is -3.29. The molecular formula is C23H21ClN4O6S2. The summed E-state index contributed by atoms with van der Waals surface area (Å²) in [6.45, 7) is 2.53. The van der Waals surface area contributed by atoms with Crippen molar-refractivity contribution in [1.82, 2.24) is 4.98 Å². The molecule has 0 bridgehead atoms. The Balaban J connectivity index is 1.69. The largest absolute Gasteiger partial charge is 0.397 e. The number of aromatic nitrogens is 1. The van der Waals surface area contributed by atoms with Crippen molar-refractivity contribution in [3.05, 3.63) is 75.8 Å². The van der Waals surface area contributed by atoms with Crippen LogP contribution in [0.2, 0.25) is 5.15 Å². The molecule has 0 saturated heterocycles. The molecule has 1 heterocycles. The number of anilines is 1. The molecule has 0 radical (unpaired) electrons. The summed E-state index contributed by atoms with van der Waals surface area (Å²) in [6, 6.07) is 15.4. The van der Waals surface area contributed by atoms with Crippen molar-refractivity contribution >= 4 is 68.0 Å². The fourth-order valence-corrected chi connectivity index (χ4v) is 4.35. The van der Waals surface area contributed by atoms with Crippen LogP contribution in [-0.4, -0.2) is 49.7 Å². The van der Waals surface area contributed by atoms with E-state index < -0.39 is 16.2 Å². The van der Waals surface area contributed by atoms with Gasteiger partial charge in [0.15, 0.2) is 12.1 Å². The molecular weight excluding hydrogens is 528 g/mol. The third-order valence-electron chi connectivity index (χ3n) is 4.75. The summed E-state index contributed by atoms with van der Waals surface area (Å²) in [6.07, 6.45) is 1.85. The SMILES string of the molecule is CCN(CCOS(=O)(=O)O)c1ccc(N=Nc2nc(Cl)c(/C=C(/C=O)C(=O)c3ccccc3)s2)cc1. The first-order valence-electron chi connectivity index (χ1n) is 10.5. The summed E-state index contributed by atoms with van der Waals surface area (Å²) in [5.74, 6) is -0.427. The summed E-state index contributed by atoms with van der Waals surface area (Å²) in [4.78, 5) is 30.4. The number of Topliss-reactive ketones (excluding diaryl/α,β-unsaturated/α-hetero) is 1. The number of carbonyl (C=O) groups excluding carboxylic acids is 2. The smallest absolute Gasteiger partial charge is 0.369 e. The number of likely N-dealkylation sites (N-methyl/N-ethyl adjacent to an activating group) is 1. The van der Waals surface area contributed by atoms with Gasteiger partial charge >= 0.3 is 10.4 Å². The zero-order valence-electron chi connectivity index (χ0n) is 18.9. The van der Waals surface area contributed by atoms with Crippen LogP contribution in [0, 0.1) is 0 Å². The maximum Gasteiger partial charge on any atom is 0.397 e. The number of nitrogens with zero attached hydrogens (tertiary/aromatic N) is 4. The number of carbonyl (C=O) groups is 2. The van der Waals surface area contributed by atoms with Crippen molar-refractivity contribution in [2.24, 2.45) is 10.2 Å². The van der Waals surface area contributed by atoms with E-state index in [1.807, 2.05) is 11.8 Å². The molecule has 0 atom stereocenters. The number of rotatable bonds is 12.